The molecule has 1 aliphatic rings. The van der Waals surface area contributed by atoms with Crippen molar-refractivity contribution in [3.05, 3.63) is 0 Å². The molecule has 0 saturated carbocycles. The fourth-order valence-electron chi connectivity index (χ4n) is 2.50. The molecule has 0 radical (unpaired) electrons. The van der Waals surface area contributed by atoms with E-state index < -0.39 is 0 Å². The van der Waals surface area contributed by atoms with Crippen molar-refractivity contribution in [1.29, 1.82) is 0 Å². The molecule has 2 heteroatoms. The van der Waals surface area contributed by atoms with Crippen molar-refractivity contribution in [3.63, 3.8) is 0 Å². The molecule has 0 bridgehead atoms. The van der Waals surface area contributed by atoms with E-state index in [0.29, 0.717) is 0 Å². The van der Waals surface area contributed by atoms with Crippen molar-refractivity contribution >= 4 is 5.90 Å². The molecular weight excluding hydrogens is 234 g/mol. The van der Waals surface area contributed by atoms with E-state index in [1.54, 1.807) is 0 Å². The summed E-state index contributed by atoms with van der Waals surface area (Å²) in [7, 11) is 0. The minimum atomic E-state index is 0.0641. The highest BCUT2D eigenvalue weighted by atomic mass is 16.5. The van der Waals surface area contributed by atoms with Gasteiger partial charge in [0.25, 0.3) is 0 Å². The average molecular weight is 267 g/mol. The van der Waals surface area contributed by atoms with Crippen molar-refractivity contribution in [1.82, 2.24) is 0 Å². The molecule has 19 heavy (non-hydrogen) atoms. The summed E-state index contributed by atoms with van der Waals surface area (Å²) in [6, 6.07) is 0. The highest BCUT2D eigenvalue weighted by molar-refractivity contribution is 5.78. The van der Waals surface area contributed by atoms with Crippen LogP contribution in [0.3, 0.4) is 0 Å². The van der Waals surface area contributed by atoms with E-state index in [2.05, 4.69) is 20.8 Å². The number of hydrogen-bond donors (Lipinski definition) is 0. The van der Waals surface area contributed by atoms with E-state index in [1.807, 2.05) is 0 Å². The largest absolute Gasteiger partial charge is 0.478 e. The summed E-state index contributed by atoms with van der Waals surface area (Å²) in [6.07, 6.45) is 14.5. The van der Waals surface area contributed by atoms with Crippen LogP contribution in [0.2, 0.25) is 0 Å². The molecule has 1 rings (SSSR count). The predicted octanol–water partition coefficient (Wildman–Crippen LogP) is 5.50. The van der Waals surface area contributed by atoms with E-state index in [-0.39, 0.29) is 5.54 Å². The third-order valence-electron chi connectivity index (χ3n) is 4.20. The zero-order valence-electron chi connectivity index (χ0n) is 13.3. The highest BCUT2D eigenvalue weighted by Gasteiger charge is 2.28. The molecule has 0 spiro atoms. The first kappa shape index (κ1) is 16.5. The first-order valence-corrected chi connectivity index (χ1v) is 8.41. The molecule has 112 valence electrons. The summed E-state index contributed by atoms with van der Waals surface area (Å²) in [4.78, 5) is 4.70. The summed E-state index contributed by atoms with van der Waals surface area (Å²) in [6.45, 7) is 7.44. The van der Waals surface area contributed by atoms with Gasteiger partial charge in [0.1, 0.15) is 6.61 Å². The van der Waals surface area contributed by atoms with Gasteiger partial charge in [0.05, 0.1) is 5.54 Å². The third kappa shape index (κ3) is 6.98. The van der Waals surface area contributed by atoms with Crippen LogP contribution >= 0.6 is 0 Å². The topological polar surface area (TPSA) is 21.6 Å². The monoisotopic (exact) mass is 267 g/mol. The fraction of sp³-hybridized carbons (Fsp3) is 0.941. The number of aliphatic imine (C=N–C) groups is 1. The van der Waals surface area contributed by atoms with Gasteiger partial charge in [-0.3, -0.25) is 0 Å². The molecule has 2 nitrogen and oxygen atoms in total. The first-order chi connectivity index (χ1) is 9.20. The van der Waals surface area contributed by atoms with Gasteiger partial charge in [-0.2, -0.15) is 0 Å². The van der Waals surface area contributed by atoms with E-state index in [9.17, 15) is 0 Å². The Hall–Kier alpha value is -0.530. The van der Waals surface area contributed by atoms with E-state index in [1.165, 1.54) is 57.8 Å². The standard InChI is InChI=1S/C17H33NO/c1-4-6-7-8-9-10-11-12-13-14-16-18-17(3,5-2)15-19-16/h4-15H2,1-3H3. The molecule has 0 saturated heterocycles. The molecule has 0 amide bonds. The van der Waals surface area contributed by atoms with Crippen LogP contribution in [0, 0.1) is 0 Å². The van der Waals surface area contributed by atoms with Crippen molar-refractivity contribution in [2.24, 2.45) is 4.99 Å². The SMILES string of the molecule is CCCCCCCCCCCC1=NC(C)(CC)CO1. The Bertz CT molecular complexity index is 262. The Morgan fingerprint density at radius 1 is 0.947 bits per heavy atom. The molecule has 0 aromatic carbocycles. The van der Waals surface area contributed by atoms with Crippen molar-refractivity contribution in [2.45, 2.75) is 96.9 Å². The second-order valence-corrected chi connectivity index (χ2v) is 6.22. The van der Waals surface area contributed by atoms with Crippen LogP contribution in [0.4, 0.5) is 0 Å². The lowest BCUT2D eigenvalue weighted by molar-refractivity contribution is 0.257. The van der Waals surface area contributed by atoms with Crippen LogP contribution < -0.4 is 0 Å². The van der Waals surface area contributed by atoms with Gasteiger partial charge in [-0.1, -0.05) is 65.2 Å². The predicted molar refractivity (Wildman–Crippen MR) is 83.9 cm³/mol. The Morgan fingerprint density at radius 2 is 1.53 bits per heavy atom. The first-order valence-electron chi connectivity index (χ1n) is 8.41. The Kier molecular flexibility index (Phi) is 8.16. The van der Waals surface area contributed by atoms with Crippen LogP contribution in [0.15, 0.2) is 4.99 Å². The van der Waals surface area contributed by atoms with Gasteiger partial charge >= 0.3 is 0 Å². The molecule has 0 fully saturated rings. The van der Waals surface area contributed by atoms with Crippen LogP contribution in [0.1, 0.15) is 91.4 Å². The number of rotatable bonds is 11. The second-order valence-electron chi connectivity index (χ2n) is 6.22. The molecule has 1 heterocycles. The smallest absolute Gasteiger partial charge is 0.183 e. The van der Waals surface area contributed by atoms with Gasteiger partial charge < -0.3 is 4.74 Å². The lowest BCUT2D eigenvalue weighted by atomic mass is 10.0. The fourth-order valence-corrected chi connectivity index (χ4v) is 2.50. The zero-order valence-corrected chi connectivity index (χ0v) is 13.3. The normalized spacial score (nSPS) is 22.4. The van der Waals surface area contributed by atoms with Crippen molar-refractivity contribution in [3.8, 4) is 0 Å². The van der Waals surface area contributed by atoms with Crippen molar-refractivity contribution in [2.75, 3.05) is 6.61 Å². The van der Waals surface area contributed by atoms with Crippen LogP contribution in [0.5, 0.6) is 0 Å². The maximum absolute atomic E-state index is 5.68. The maximum atomic E-state index is 5.68. The van der Waals surface area contributed by atoms with Gasteiger partial charge in [-0.25, -0.2) is 4.99 Å². The van der Waals surface area contributed by atoms with Crippen LogP contribution in [-0.2, 0) is 4.74 Å². The van der Waals surface area contributed by atoms with Crippen LogP contribution in [-0.4, -0.2) is 18.0 Å². The summed E-state index contributed by atoms with van der Waals surface area (Å²) in [5.74, 6) is 1.01. The lowest BCUT2D eigenvalue weighted by Crippen LogP contribution is -2.21. The van der Waals surface area contributed by atoms with Gasteiger partial charge in [0.2, 0.25) is 0 Å². The van der Waals surface area contributed by atoms with Crippen LogP contribution in [0.25, 0.3) is 0 Å². The molecule has 0 aliphatic carbocycles. The third-order valence-corrected chi connectivity index (χ3v) is 4.20. The summed E-state index contributed by atoms with van der Waals surface area (Å²) in [5.41, 5.74) is 0.0641. The highest BCUT2D eigenvalue weighted by Crippen LogP contribution is 2.23. The quantitative estimate of drug-likeness (QED) is 0.453. The minimum absolute atomic E-state index is 0.0641. The Balaban J connectivity index is 1.93. The number of hydrogen-bond acceptors (Lipinski definition) is 2. The summed E-state index contributed by atoms with van der Waals surface area (Å²) >= 11 is 0. The molecule has 1 unspecified atom stereocenters. The van der Waals surface area contributed by atoms with Gasteiger partial charge in [0, 0.05) is 6.42 Å². The minimum Gasteiger partial charge on any atom is -0.478 e. The molecule has 0 aromatic rings. The molecular formula is C17H33NO. The Morgan fingerprint density at radius 3 is 2.05 bits per heavy atom. The number of ether oxygens (including phenoxy) is 1. The molecule has 0 aromatic heterocycles. The number of unbranched alkanes of at least 4 members (excludes halogenated alkanes) is 8. The lowest BCUT2D eigenvalue weighted by Gasteiger charge is -2.13. The summed E-state index contributed by atoms with van der Waals surface area (Å²) in [5, 5.41) is 0. The molecule has 0 N–H and O–H groups in total. The second kappa shape index (κ2) is 9.39. The van der Waals surface area contributed by atoms with Gasteiger partial charge in [-0.15, -0.1) is 0 Å². The van der Waals surface area contributed by atoms with E-state index >= 15 is 0 Å². The average Bonchev–Trinajstić information content (AvgIpc) is 2.79. The number of nitrogens with zero attached hydrogens (tertiary/aromatic N) is 1. The maximum Gasteiger partial charge on any atom is 0.183 e. The van der Waals surface area contributed by atoms with E-state index in [0.717, 1.165) is 25.3 Å². The Labute approximate surface area is 120 Å². The molecule has 1 aliphatic heterocycles. The van der Waals surface area contributed by atoms with E-state index in [4.69, 9.17) is 9.73 Å². The van der Waals surface area contributed by atoms with Gasteiger partial charge in [0.15, 0.2) is 5.90 Å². The van der Waals surface area contributed by atoms with Gasteiger partial charge in [-0.05, 0) is 19.8 Å². The molecule has 1 atom stereocenters. The zero-order chi connectivity index (χ0) is 14.0. The van der Waals surface area contributed by atoms with Crippen molar-refractivity contribution < 1.29 is 4.74 Å². The summed E-state index contributed by atoms with van der Waals surface area (Å²) < 4.78 is 5.68.